The van der Waals surface area contributed by atoms with Crippen LogP contribution >= 0.6 is 0 Å². The first-order valence-electron chi connectivity index (χ1n) is 8.44. The monoisotopic (exact) mass is 272 g/mol. The van der Waals surface area contributed by atoms with Crippen LogP contribution in [-0.4, -0.2) is 13.1 Å². The molecule has 2 heteroatoms. The van der Waals surface area contributed by atoms with Crippen LogP contribution in [0.4, 0.5) is 5.69 Å². The average Bonchev–Trinajstić information content (AvgIpc) is 3.01. The molecule has 1 aromatic carbocycles. The van der Waals surface area contributed by atoms with Crippen LogP contribution in [0.25, 0.3) is 0 Å². The molecule has 1 saturated heterocycles. The van der Waals surface area contributed by atoms with Crippen molar-refractivity contribution in [3.8, 4) is 0 Å². The summed E-state index contributed by atoms with van der Waals surface area (Å²) in [5.74, 6) is 0.861. The average molecular weight is 272 g/mol. The molecule has 1 aliphatic carbocycles. The quantitative estimate of drug-likeness (QED) is 0.887. The fraction of sp³-hybridized carbons (Fsp3) is 0.667. The zero-order valence-electron chi connectivity index (χ0n) is 12.6. The summed E-state index contributed by atoms with van der Waals surface area (Å²) in [6.45, 7) is 2.40. The fourth-order valence-electron chi connectivity index (χ4n) is 3.96. The summed E-state index contributed by atoms with van der Waals surface area (Å²) in [6.07, 6.45) is 10.8. The van der Waals surface area contributed by atoms with Crippen LogP contribution in [0.15, 0.2) is 24.3 Å². The van der Waals surface area contributed by atoms with Crippen LogP contribution in [0.2, 0.25) is 0 Å². The third-order valence-electron chi connectivity index (χ3n) is 5.09. The molecule has 1 saturated carbocycles. The van der Waals surface area contributed by atoms with Crippen LogP contribution < -0.4 is 10.6 Å². The highest BCUT2D eigenvalue weighted by molar-refractivity contribution is 5.55. The van der Waals surface area contributed by atoms with Gasteiger partial charge in [-0.3, -0.25) is 0 Å². The minimum atomic E-state index is 0.219. The van der Waals surface area contributed by atoms with E-state index in [1.165, 1.54) is 75.7 Å². The van der Waals surface area contributed by atoms with Crippen molar-refractivity contribution >= 4 is 5.69 Å². The highest BCUT2D eigenvalue weighted by Gasteiger charge is 2.22. The Morgan fingerprint density at radius 1 is 1.00 bits per heavy atom. The molecule has 2 N–H and O–H groups in total. The van der Waals surface area contributed by atoms with E-state index in [2.05, 4.69) is 29.2 Å². The number of hydrogen-bond acceptors (Lipinski definition) is 2. The van der Waals surface area contributed by atoms with Crippen LogP contribution in [0, 0.1) is 5.92 Å². The molecule has 2 nitrogen and oxygen atoms in total. The standard InChI is InChI=1S/C18H28N2/c19-17(14-15-8-2-3-9-15)16-10-4-5-11-18(16)20-12-6-1-7-13-20/h4-5,10-11,15,17H,1-3,6-9,12-14,19H2. The molecule has 2 fully saturated rings. The maximum absolute atomic E-state index is 6.56. The minimum Gasteiger partial charge on any atom is -0.371 e. The van der Waals surface area contributed by atoms with Crippen molar-refractivity contribution in [2.75, 3.05) is 18.0 Å². The molecule has 1 heterocycles. The summed E-state index contributed by atoms with van der Waals surface area (Å²) in [5.41, 5.74) is 9.33. The molecule has 1 atom stereocenters. The molecule has 0 spiro atoms. The van der Waals surface area contributed by atoms with Crippen LogP contribution in [0.5, 0.6) is 0 Å². The summed E-state index contributed by atoms with van der Waals surface area (Å²) < 4.78 is 0. The van der Waals surface area contributed by atoms with E-state index in [0.29, 0.717) is 0 Å². The predicted molar refractivity (Wildman–Crippen MR) is 86.0 cm³/mol. The molecule has 3 rings (SSSR count). The third kappa shape index (κ3) is 3.17. The number of benzene rings is 1. The number of hydrogen-bond donors (Lipinski definition) is 1. The molecular formula is C18H28N2. The topological polar surface area (TPSA) is 29.3 Å². The van der Waals surface area contributed by atoms with E-state index >= 15 is 0 Å². The minimum absolute atomic E-state index is 0.219. The van der Waals surface area contributed by atoms with E-state index < -0.39 is 0 Å². The van der Waals surface area contributed by atoms with Crippen molar-refractivity contribution < 1.29 is 0 Å². The van der Waals surface area contributed by atoms with Gasteiger partial charge in [-0.2, -0.15) is 0 Å². The van der Waals surface area contributed by atoms with Gasteiger partial charge in [-0.05, 0) is 43.2 Å². The van der Waals surface area contributed by atoms with Crippen molar-refractivity contribution in [3.63, 3.8) is 0 Å². The molecule has 1 aromatic rings. The molecule has 0 aromatic heterocycles. The Kier molecular flexibility index (Phi) is 4.62. The Bertz CT molecular complexity index is 417. The summed E-state index contributed by atoms with van der Waals surface area (Å²) in [7, 11) is 0. The Hall–Kier alpha value is -1.02. The maximum atomic E-state index is 6.56. The van der Waals surface area contributed by atoms with Gasteiger partial charge in [0.25, 0.3) is 0 Å². The first-order chi connectivity index (χ1) is 9.84. The van der Waals surface area contributed by atoms with Crippen molar-refractivity contribution in [2.45, 2.75) is 57.4 Å². The highest BCUT2D eigenvalue weighted by Crippen LogP contribution is 2.35. The predicted octanol–water partition coefficient (Wildman–Crippen LogP) is 4.26. The zero-order valence-corrected chi connectivity index (χ0v) is 12.6. The lowest BCUT2D eigenvalue weighted by Gasteiger charge is -2.32. The first-order valence-corrected chi connectivity index (χ1v) is 8.44. The van der Waals surface area contributed by atoms with E-state index in [0.717, 1.165) is 5.92 Å². The van der Waals surface area contributed by atoms with Gasteiger partial charge >= 0.3 is 0 Å². The lowest BCUT2D eigenvalue weighted by Crippen LogP contribution is -2.31. The Labute approximate surface area is 123 Å². The molecular weight excluding hydrogens is 244 g/mol. The normalized spacial score (nSPS) is 22.1. The zero-order chi connectivity index (χ0) is 13.8. The fourth-order valence-corrected chi connectivity index (χ4v) is 3.96. The van der Waals surface area contributed by atoms with Gasteiger partial charge in [0.1, 0.15) is 0 Å². The second-order valence-electron chi connectivity index (χ2n) is 6.60. The lowest BCUT2D eigenvalue weighted by molar-refractivity contribution is 0.450. The summed E-state index contributed by atoms with van der Waals surface area (Å²) >= 11 is 0. The molecule has 1 unspecified atom stereocenters. The number of para-hydroxylation sites is 1. The Morgan fingerprint density at radius 3 is 2.45 bits per heavy atom. The lowest BCUT2D eigenvalue weighted by atomic mass is 9.92. The second kappa shape index (κ2) is 6.62. The molecule has 2 aliphatic rings. The largest absolute Gasteiger partial charge is 0.371 e. The molecule has 0 radical (unpaired) electrons. The third-order valence-corrected chi connectivity index (χ3v) is 5.09. The summed E-state index contributed by atoms with van der Waals surface area (Å²) in [4.78, 5) is 2.55. The van der Waals surface area contributed by atoms with Gasteiger partial charge < -0.3 is 10.6 Å². The molecule has 110 valence electrons. The van der Waals surface area contributed by atoms with E-state index in [9.17, 15) is 0 Å². The number of nitrogens with two attached hydrogens (primary N) is 1. The number of piperidine rings is 1. The van der Waals surface area contributed by atoms with Crippen molar-refractivity contribution in [1.82, 2.24) is 0 Å². The summed E-state index contributed by atoms with van der Waals surface area (Å²) in [6, 6.07) is 9.06. The van der Waals surface area contributed by atoms with E-state index in [4.69, 9.17) is 5.73 Å². The van der Waals surface area contributed by atoms with Gasteiger partial charge in [-0.25, -0.2) is 0 Å². The highest BCUT2D eigenvalue weighted by atomic mass is 15.1. The SMILES string of the molecule is NC(CC1CCCC1)c1ccccc1N1CCCCC1. The van der Waals surface area contributed by atoms with Gasteiger partial charge in [0, 0.05) is 24.8 Å². The van der Waals surface area contributed by atoms with Crippen molar-refractivity contribution in [3.05, 3.63) is 29.8 Å². The van der Waals surface area contributed by atoms with E-state index in [-0.39, 0.29) is 6.04 Å². The van der Waals surface area contributed by atoms with Gasteiger partial charge in [0.05, 0.1) is 0 Å². The van der Waals surface area contributed by atoms with Gasteiger partial charge in [-0.1, -0.05) is 43.9 Å². The van der Waals surface area contributed by atoms with Crippen molar-refractivity contribution in [1.29, 1.82) is 0 Å². The Balaban J connectivity index is 1.73. The van der Waals surface area contributed by atoms with Gasteiger partial charge in [0.2, 0.25) is 0 Å². The summed E-state index contributed by atoms with van der Waals surface area (Å²) in [5, 5.41) is 0. The Morgan fingerprint density at radius 2 is 1.70 bits per heavy atom. The van der Waals surface area contributed by atoms with Crippen molar-refractivity contribution in [2.24, 2.45) is 11.7 Å². The number of nitrogens with zero attached hydrogens (tertiary/aromatic N) is 1. The maximum Gasteiger partial charge on any atom is 0.0414 e. The molecule has 1 aliphatic heterocycles. The van der Waals surface area contributed by atoms with Gasteiger partial charge in [0.15, 0.2) is 0 Å². The van der Waals surface area contributed by atoms with Crippen LogP contribution in [-0.2, 0) is 0 Å². The first kappa shape index (κ1) is 13.9. The second-order valence-corrected chi connectivity index (χ2v) is 6.60. The molecule has 0 bridgehead atoms. The molecule has 20 heavy (non-hydrogen) atoms. The smallest absolute Gasteiger partial charge is 0.0414 e. The van der Waals surface area contributed by atoms with Gasteiger partial charge in [-0.15, -0.1) is 0 Å². The van der Waals surface area contributed by atoms with Crippen LogP contribution in [0.1, 0.15) is 63.0 Å². The van der Waals surface area contributed by atoms with Crippen LogP contribution in [0.3, 0.4) is 0 Å². The van der Waals surface area contributed by atoms with E-state index in [1.54, 1.807) is 0 Å². The van der Waals surface area contributed by atoms with E-state index in [1.807, 2.05) is 0 Å². The molecule has 0 amide bonds. The number of anilines is 1. The number of rotatable bonds is 4.